The average Bonchev–Trinajstić information content (AvgIpc) is 3.08. The molecular weight excluding hydrogens is 198 g/mol. The molecule has 2 aliphatic heterocycles. The summed E-state index contributed by atoms with van der Waals surface area (Å²) < 4.78 is 0. The van der Waals surface area contributed by atoms with Crippen LogP contribution in [0.25, 0.3) is 0 Å². The van der Waals surface area contributed by atoms with Crippen LogP contribution in [0.3, 0.4) is 0 Å². The van der Waals surface area contributed by atoms with E-state index in [0.717, 1.165) is 18.1 Å². The van der Waals surface area contributed by atoms with Gasteiger partial charge in [-0.15, -0.1) is 0 Å². The molecule has 3 nitrogen and oxygen atoms in total. The van der Waals surface area contributed by atoms with E-state index in [4.69, 9.17) is 0 Å². The molecule has 0 aromatic rings. The van der Waals surface area contributed by atoms with Crippen molar-refractivity contribution in [3.8, 4) is 0 Å². The lowest BCUT2D eigenvalue weighted by molar-refractivity contribution is 0.311. The molecule has 3 aliphatic rings. The smallest absolute Gasteiger partial charge is 0.0207 e. The third-order valence-corrected chi connectivity index (χ3v) is 4.35. The first kappa shape index (κ1) is 11.0. The summed E-state index contributed by atoms with van der Waals surface area (Å²) in [6.45, 7) is 5.05. The number of nitrogens with zero attached hydrogens (tertiary/aromatic N) is 1. The Morgan fingerprint density at radius 2 is 2.06 bits per heavy atom. The lowest BCUT2D eigenvalue weighted by Gasteiger charge is -2.25. The second kappa shape index (κ2) is 5.03. The maximum atomic E-state index is 3.76. The summed E-state index contributed by atoms with van der Waals surface area (Å²) in [5, 5.41) is 7.37. The molecule has 2 N–H and O–H groups in total. The highest BCUT2D eigenvalue weighted by molar-refractivity contribution is 4.92. The van der Waals surface area contributed by atoms with Crippen molar-refractivity contribution in [2.75, 3.05) is 26.2 Å². The molecule has 2 saturated heterocycles. The van der Waals surface area contributed by atoms with Gasteiger partial charge >= 0.3 is 0 Å². The van der Waals surface area contributed by atoms with Crippen LogP contribution in [0.4, 0.5) is 0 Å². The zero-order valence-electron chi connectivity index (χ0n) is 10.3. The van der Waals surface area contributed by atoms with E-state index >= 15 is 0 Å². The normalized spacial score (nSPS) is 36.8. The summed E-state index contributed by atoms with van der Waals surface area (Å²) in [5.74, 6) is 0. The summed E-state index contributed by atoms with van der Waals surface area (Å²) in [7, 11) is 0. The van der Waals surface area contributed by atoms with Crippen LogP contribution >= 0.6 is 0 Å². The minimum absolute atomic E-state index is 0.740. The fourth-order valence-corrected chi connectivity index (χ4v) is 3.13. The lowest BCUT2D eigenvalue weighted by Crippen LogP contribution is -2.45. The fourth-order valence-electron chi connectivity index (χ4n) is 3.13. The number of nitrogens with one attached hydrogen (secondary N) is 2. The number of hydrogen-bond donors (Lipinski definition) is 2. The Morgan fingerprint density at radius 3 is 2.81 bits per heavy atom. The molecule has 3 fully saturated rings. The van der Waals surface area contributed by atoms with E-state index in [1.54, 1.807) is 0 Å². The van der Waals surface area contributed by atoms with E-state index in [-0.39, 0.29) is 0 Å². The summed E-state index contributed by atoms with van der Waals surface area (Å²) in [6, 6.07) is 2.47. The molecule has 0 amide bonds. The molecule has 2 heterocycles. The third-order valence-electron chi connectivity index (χ3n) is 4.35. The van der Waals surface area contributed by atoms with Crippen LogP contribution in [0.2, 0.25) is 0 Å². The predicted molar refractivity (Wildman–Crippen MR) is 66.6 cm³/mol. The molecule has 2 atom stereocenters. The number of hydrogen-bond acceptors (Lipinski definition) is 3. The van der Waals surface area contributed by atoms with Crippen LogP contribution in [0.15, 0.2) is 0 Å². The van der Waals surface area contributed by atoms with Crippen LogP contribution in [-0.4, -0.2) is 49.2 Å². The van der Waals surface area contributed by atoms with E-state index in [9.17, 15) is 0 Å². The first-order valence-corrected chi connectivity index (χ1v) is 7.12. The van der Waals surface area contributed by atoms with Gasteiger partial charge in [-0.1, -0.05) is 6.42 Å². The number of likely N-dealkylation sites (tertiary alicyclic amines) is 1. The van der Waals surface area contributed by atoms with Crippen molar-refractivity contribution in [2.45, 2.75) is 56.7 Å². The monoisotopic (exact) mass is 223 g/mol. The first-order valence-electron chi connectivity index (χ1n) is 7.12. The fraction of sp³-hybridized carbons (Fsp3) is 1.00. The van der Waals surface area contributed by atoms with Crippen molar-refractivity contribution in [2.24, 2.45) is 0 Å². The minimum atomic E-state index is 0.740. The van der Waals surface area contributed by atoms with Crippen LogP contribution in [0.1, 0.15) is 38.5 Å². The van der Waals surface area contributed by atoms with E-state index in [0.29, 0.717) is 0 Å². The molecule has 2 unspecified atom stereocenters. The highest BCUT2D eigenvalue weighted by atomic mass is 15.2. The highest BCUT2D eigenvalue weighted by Gasteiger charge is 2.34. The van der Waals surface area contributed by atoms with E-state index in [2.05, 4.69) is 15.5 Å². The van der Waals surface area contributed by atoms with Crippen LogP contribution < -0.4 is 10.6 Å². The topological polar surface area (TPSA) is 27.3 Å². The van der Waals surface area contributed by atoms with E-state index < -0.39 is 0 Å². The van der Waals surface area contributed by atoms with Crippen LogP contribution in [0, 0.1) is 0 Å². The van der Waals surface area contributed by atoms with Gasteiger partial charge in [0.2, 0.25) is 0 Å². The largest absolute Gasteiger partial charge is 0.313 e. The molecule has 92 valence electrons. The Bertz CT molecular complexity index is 221. The lowest BCUT2D eigenvalue weighted by atomic mass is 10.0. The summed E-state index contributed by atoms with van der Waals surface area (Å²) in [5.41, 5.74) is 0. The minimum Gasteiger partial charge on any atom is -0.313 e. The van der Waals surface area contributed by atoms with Gasteiger partial charge in [0.1, 0.15) is 0 Å². The van der Waals surface area contributed by atoms with Crippen molar-refractivity contribution < 1.29 is 0 Å². The first-order chi connectivity index (χ1) is 7.92. The quantitative estimate of drug-likeness (QED) is 0.743. The SMILES string of the molecule is C1CCC(CNC2CCN(C3CC3)C2)NC1. The molecule has 3 rings (SSSR count). The molecule has 0 spiro atoms. The van der Waals surface area contributed by atoms with Gasteiger partial charge in [-0.05, 0) is 38.6 Å². The Labute approximate surface area is 99.0 Å². The zero-order chi connectivity index (χ0) is 10.8. The second-order valence-corrected chi connectivity index (χ2v) is 5.77. The molecule has 0 radical (unpaired) electrons. The average molecular weight is 223 g/mol. The van der Waals surface area contributed by atoms with Crippen molar-refractivity contribution >= 4 is 0 Å². The van der Waals surface area contributed by atoms with Crippen molar-refractivity contribution in [1.82, 2.24) is 15.5 Å². The van der Waals surface area contributed by atoms with Gasteiger partial charge in [-0.25, -0.2) is 0 Å². The zero-order valence-corrected chi connectivity index (χ0v) is 10.3. The van der Waals surface area contributed by atoms with Crippen LogP contribution in [0.5, 0.6) is 0 Å². The molecule has 1 saturated carbocycles. The Morgan fingerprint density at radius 1 is 1.12 bits per heavy atom. The number of piperidine rings is 1. The molecule has 16 heavy (non-hydrogen) atoms. The second-order valence-electron chi connectivity index (χ2n) is 5.77. The Kier molecular flexibility index (Phi) is 3.46. The van der Waals surface area contributed by atoms with Gasteiger partial charge in [0, 0.05) is 37.8 Å². The maximum Gasteiger partial charge on any atom is 0.0207 e. The molecule has 0 aromatic carbocycles. The summed E-state index contributed by atoms with van der Waals surface area (Å²) in [6.07, 6.45) is 8.43. The molecule has 1 aliphatic carbocycles. The van der Waals surface area contributed by atoms with Gasteiger partial charge in [-0.2, -0.15) is 0 Å². The van der Waals surface area contributed by atoms with Gasteiger partial charge in [-0.3, -0.25) is 4.90 Å². The maximum absolute atomic E-state index is 3.76. The standard InChI is InChI=1S/C13H25N3/c1-2-7-14-11(3-1)9-15-12-6-8-16(10-12)13-4-5-13/h11-15H,1-10H2. The van der Waals surface area contributed by atoms with Crippen molar-refractivity contribution in [1.29, 1.82) is 0 Å². The predicted octanol–water partition coefficient (Wildman–Crippen LogP) is 0.955. The van der Waals surface area contributed by atoms with Crippen molar-refractivity contribution in [3.63, 3.8) is 0 Å². The Balaban J connectivity index is 1.35. The summed E-state index contributed by atoms with van der Waals surface area (Å²) in [4.78, 5) is 2.69. The van der Waals surface area contributed by atoms with E-state index in [1.807, 2.05) is 0 Å². The molecule has 0 aromatic heterocycles. The van der Waals surface area contributed by atoms with Gasteiger partial charge < -0.3 is 10.6 Å². The molecular formula is C13H25N3. The van der Waals surface area contributed by atoms with E-state index in [1.165, 1.54) is 64.7 Å². The Hall–Kier alpha value is -0.120. The van der Waals surface area contributed by atoms with Gasteiger partial charge in [0.15, 0.2) is 0 Å². The number of rotatable bonds is 4. The third kappa shape index (κ3) is 2.76. The molecule has 0 bridgehead atoms. The van der Waals surface area contributed by atoms with Crippen LogP contribution in [-0.2, 0) is 0 Å². The molecule has 3 heteroatoms. The summed E-state index contributed by atoms with van der Waals surface area (Å²) >= 11 is 0. The van der Waals surface area contributed by atoms with Gasteiger partial charge in [0.25, 0.3) is 0 Å². The van der Waals surface area contributed by atoms with Gasteiger partial charge in [0.05, 0.1) is 0 Å². The van der Waals surface area contributed by atoms with Crippen molar-refractivity contribution in [3.05, 3.63) is 0 Å². The highest BCUT2D eigenvalue weighted by Crippen LogP contribution is 2.29.